The van der Waals surface area contributed by atoms with E-state index in [0.717, 1.165) is 18.7 Å². The minimum absolute atomic E-state index is 0.290. The number of carbonyl (C=O) groups is 1. The van der Waals surface area contributed by atoms with Crippen LogP contribution in [0.3, 0.4) is 0 Å². The first kappa shape index (κ1) is 13.1. The Bertz CT molecular complexity index is 430. The Morgan fingerprint density at radius 2 is 1.89 bits per heavy atom. The molecular formula is C16H23NO. The van der Waals surface area contributed by atoms with E-state index in [-0.39, 0.29) is 5.91 Å². The fourth-order valence-electron chi connectivity index (χ4n) is 3.05. The summed E-state index contributed by atoms with van der Waals surface area (Å²) in [4.78, 5) is 14.2. The highest BCUT2D eigenvalue weighted by Gasteiger charge is 2.32. The lowest BCUT2D eigenvalue weighted by Crippen LogP contribution is -2.26. The van der Waals surface area contributed by atoms with Gasteiger partial charge in [-0.05, 0) is 43.2 Å². The van der Waals surface area contributed by atoms with Crippen molar-refractivity contribution in [2.24, 2.45) is 11.8 Å². The Morgan fingerprint density at radius 1 is 1.28 bits per heavy atom. The van der Waals surface area contributed by atoms with E-state index < -0.39 is 0 Å². The average molecular weight is 245 g/mol. The van der Waals surface area contributed by atoms with Gasteiger partial charge in [0, 0.05) is 18.7 Å². The summed E-state index contributed by atoms with van der Waals surface area (Å²) < 4.78 is 0. The van der Waals surface area contributed by atoms with E-state index in [0.29, 0.717) is 18.3 Å². The summed E-state index contributed by atoms with van der Waals surface area (Å²) in [5, 5.41) is 0. The second-order valence-corrected chi connectivity index (χ2v) is 5.94. The zero-order valence-electron chi connectivity index (χ0n) is 11.9. The molecule has 2 heteroatoms. The second-order valence-electron chi connectivity index (χ2n) is 5.94. The zero-order valence-corrected chi connectivity index (χ0v) is 11.9. The third-order valence-electron chi connectivity index (χ3n) is 3.72. The lowest BCUT2D eigenvalue weighted by molar-refractivity contribution is -0.117. The van der Waals surface area contributed by atoms with Gasteiger partial charge in [0.15, 0.2) is 0 Å². The van der Waals surface area contributed by atoms with Crippen LogP contribution in [-0.2, 0) is 4.79 Å². The smallest absolute Gasteiger partial charge is 0.227 e. The van der Waals surface area contributed by atoms with Crippen molar-refractivity contribution in [3.63, 3.8) is 0 Å². The van der Waals surface area contributed by atoms with Crippen LogP contribution in [0.5, 0.6) is 0 Å². The molecule has 2 rings (SSSR count). The van der Waals surface area contributed by atoms with Crippen molar-refractivity contribution in [2.75, 3.05) is 11.4 Å². The maximum Gasteiger partial charge on any atom is 0.227 e. The number of benzene rings is 1. The molecule has 0 unspecified atom stereocenters. The van der Waals surface area contributed by atoms with E-state index in [1.165, 1.54) is 11.1 Å². The summed E-state index contributed by atoms with van der Waals surface area (Å²) in [5.41, 5.74) is 3.54. The number of rotatable bonds is 3. The minimum atomic E-state index is 0.290. The van der Waals surface area contributed by atoms with Crippen molar-refractivity contribution >= 4 is 11.6 Å². The largest absolute Gasteiger partial charge is 0.312 e. The molecule has 1 aliphatic heterocycles. The molecule has 0 radical (unpaired) electrons. The summed E-state index contributed by atoms with van der Waals surface area (Å²) >= 11 is 0. The molecule has 0 spiro atoms. The van der Waals surface area contributed by atoms with Gasteiger partial charge in [0.25, 0.3) is 0 Å². The van der Waals surface area contributed by atoms with Crippen LogP contribution in [0, 0.1) is 25.7 Å². The number of nitrogens with zero attached hydrogens (tertiary/aromatic N) is 1. The normalized spacial score (nSPS) is 19.9. The van der Waals surface area contributed by atoms with Crippen LogP contribution in [0.4, 0.5) is 5.69 Å². The number of hydrogen-bond acceptors (Lipinski definition) is 1. The molecule has 0 aliphatic carbocycles. The van der Waals surface area contributed by atoms with Crippen LogP contribution in [0.1, 0.15) is 37.8 Å². The fraction of sp³-hybridized carbons (Fsp3) is 0.562. The summed E-state index contributed by atoms with van der Waals surface area (Å²) in [7, 11) is 0. The van der Waals surface area contributed by atoms with Crippen LogP contribution >= 0.6 is 0 Å². The van der Waals surface area contributed by atoms with Gasteiger partial charge in [-0.3, -0.25) is 4.79 Å². The molecule has 0 aromatic heterocycles. The van der Waals surface area contributed by atoms with Gasteiger partial charge < -0.3 is 4.90 Å². The first-order chi connectivity index (χ1) is 8.49. The second kappa shape index (κ2) is 5.13. The quantitative estimate of drug-likeness (QED) is 0.795. The van der Waals surface area contributed by atoms with Crippen LogP contribution < -0.4 is 4.90 Å². The van der Waals surface area contributed by atoms with Gasteiger partial charge in [-0.1, -0.05) is 32.0 Å². The number of aryl methyl sites for hydroxylation is 2. The van der Waals surface area contributed by atoms with E-state index in [9.17, 15) is 4.79 Å². The third kappa shape index (κ3) is 2.58. The lowest BCUT2D eigenvalue weighted by Gasteiger charge is -2.22. The van der Waals surface area contributed by atoms with Gasteiger partial charge in [0.1, 0.15) is 0 Å². The highest BCUT2D eigenvalue weighted by atomic mass is 16.2. The Balaban J connectivity index is 2.22. The molecule has 0 N–H and O–H groups in total. The number of amides is 1. The third-order valence-corrected chi connectivity index (χ3v) is 3.72. The van der Waals surface area contributed by atoms with Crippen molar-refractivity contribution in [3.05, 3.63) is 29.3 Å². The average Bonchev–Trinajstić information content (AvgIpc) is 2.58. The molecular weight excluding hydrogens is 222 g/mol. The number of para-hydroxylation sites is 1. The SMILES string of the molecule is Cc1cccc(C)c1N1C[C@@H](CC(C)C)CC1=O. The molecule has 1 aromatic rings. The van der Waals surface area contributed by atoms with Crippen molar-refractivity contribution in [2.45, 2.75) is 40.5 Å². The topological polar surface area (TPSA) is 20.3 Å². The molecule has 98 valence electrons. The molecule has 1 aromatic carbocycles. The number of anilines is 1. The minimum Gasteiger partial charge on any atom is -0.312 e. The summed E-state index contributed by atoms with van der Waals surface area (Å²) in [6, 6.07) is 6.23. The molecule has 1 saturated heterocycles. The summed E-state index contributed by atoms with van der Waals surface area (Å²) in [6.45, 7) is 9.53. The predicted molar refractivity (Wildman–Crippen MR) is 75.8 cm³/mol. The van der Waals surface area contributed by atoms with E-state index in [1.54, 1.807) is 0 Å². The molecule has 1 amide bonds. The molecule has 2 nitrogen and oxygen atoms in total. The Morgan fingerprint density at radius 3 is 2.44 bits per heavy atom. The summed E-state index contributed by atoms with van der Waals surface area (Å²) in [5.74, 6) is 1.48. The first-order valence-corrected chi connectivity index (χ1v) is 6.85. The van der Waals surface area contributed by atoms with E-state index >= 15 is 0 Å². The van der Waals surface area contributed by atoms with Crippen LogP contribution in [0.15, 0.2) is 18.2 Å². The predicted octanol–water partition coefficient (Wildman–Crippen LogP) is 3.70. The first-order valence-electron chi connectivity index (χ1n) is 6.85. The molecule has 0 bridgehead atoms. The number of carbonyl (C=O) groups excluding carboxylic acids is 1. The Labute approximate surface area is 110 Å². The van der Waals surface area contributed by atoms with E-state index in [4.69, 9.17) is 0 Å². The van der Waals surface area contributed by atoms with Crippen molar-refractivity contribution in [1.29, 1.82) is 0 Å². The molecule has 0 saturated carbocycles. The molecule has 18 heavy (non-hydrogen) atoms. The maximum absolute atomic E-state index is 12.2. The van der Waals surface area contributed by atoms with E-state index in [2.05, 4.69) is 45.9 Å². The maximum atomic E-state index is 12.2. The van der Waals surface area contributed by atoms with Gasteiger partial charge in [0.2, 0.25) is 5.91 Å². The van der Waals surface area contributed by atoms with Crippen molar-refractivity contribution < 1.29 is 4.79 Å². The molecule has 1 fully saturated rings. The van der Waals surface area contributed by atoms with Crippen LogP contribution in [-0.4, -0.2) is 12.5 Å². The van der Waals surface area contributed by atoms with Gasteiger partial charge in [-0.25, -0.2) is 0 Å². The highest BCUT2D eigenvalue weighted by molar-refractivity contribution is 5.97. The van der Waals surface area contributed by atoms with Crippen LogP contribution in [0.25, 0.3) is 0 Å². The monoisotopic (exact) mass is 245 g/mol. The standard InChI is InChI=1S/C16H23NO/c1-11(2)8-14-9-15(18)17(10-14)16-12(3)6-5-7-13(16)4/h5-7,11,14H,8-10H2,1-4H3/t14-/m0/s1. The van der Waals surface area contributed by atoms with Crippen LogP contribution in [0.2, 0.25) is 0 Å². The summed E-state index contributed by atoms with van der Waals surface area (Å²) in [6.07, 6.45) is 1.86. The van der Waals surface area contributed by atoms with Gasteiger partial charge in [-0.2, -0.15) is 0 Å². The van der Waals surface area contributed by atoms with Crippen molar-refractivity contribution in [1.82, 2.24) is 0 Å². The number of hydrogen-bond donors (Lipinski definition) is 0. The zero-order chi connectivity index (χ0) is 13.3. The lowest BCUT2D eigenvalue weighted by atomic mass is 9.96. The van der Waals surface area contributed by atoms with Gasteiger partial charge >= 0.3 is 0 Å². The highest BCUT2D eigenvalue weighted by Crippen LogP contribution is 2.32. The molecule has 1 heterocycles. The molecule has 1 aliphatic rings. The van der Waals surface area contributed by atoms with Gasteiger partial charge in [-0.15, -0.1) is 0 Å². The van der Waals surface area contributed by atoms with Crippen molar-refractivity contribution in [3.8, 4) is 0 Å². The van der Waals surface area contributed by atoms with E-state index in [1.807, 2.05) is 4.90 Å². The molecule has 1 atom stereocenters. The van der Waals surface area contributed by atoms with Gasteiger partial charge in [0.05, 0.1) is 0 Å². The Kier molecular flexibility index (Phi) is 3.74. The fourth-order valence-corrected chi connectivity index (χ4v) is 3.05. The Hall–Kier alpha value is -1.31.